The maximum Gasteiger partial charge on any atom is 0.195 e. The van der Waals surface area contributed by atoms with Gasteiger partial charge in [0.05, 0.1) is 0 Å². The van der Waals surface area contributed by atoms with E-state index in [9.17, 15) is 9.90 Å². The van der Waals surface area contributed by atoms with Gasteiger partial charge in [-0.05, 0) is 17.7 Å². The fourth-order valence-electron chi connectivity index (χ4n) is 1.80. The monoisotopic (exact) mass is 342 g/mol. The number of benzene rings is 2. The zero-order chi connectivity index (χ0) is 18.7. The maximum absolute atomic E-state index is 11.9. The molecule has 0 saturated carbocycles. The van der Waals surface area contributed by atoms with Gasteiger partial charge in [0, 0.05) is 5.56 Å². The second kappa shape index (κ2) is 11.1. The van der Waals surface area contributed by atoms with Gasteiger partial charge in [0.2, 0.25) is 0 Å². The molecule has 0 saturated heterocycles. The lowest BCUT2D eigenvalue weighted by Crippen LogP contribution is -2.17. The number of carbonyl (C=O) groups is 1. The summed E-state index contributed by atoms with van der Waals surface area (Å²) in [5.41, 5.74) is 1.15. The Kier molecular flexibility index (Phi) is 9.06. The molecule has 0 aliphatic heterocycles. The first kappa shape index (κ1) is 20.5. The van der Waals surface area contributed by atoms with E-state index in [-0.39, 0.29) is 5.78 Å². The third-order valence-electron chi connectivity index (χ3n) is 3.10. The summed E-state index contributed by atoms with van der Waals surface area (Å²) in [5.74, 6) is -0.271. The highest BCUT2D eigenvalue weighted by Crippen LogP contribution is 2.17. The molecule has 0 aliphatic carbocycles. The number of hydrogen-bond donors (Lipinski definition) is 3. The number of carbonyl (C=O) groups excluding carboxylic acids is 1. The van der Waals surface area contributed by atoms with Gasteiger partial charge in [-0.15, -0.1) is 0 Å². The average Bonchev–Trinajstić information content (AvgIpc) is 2.68. The minimum absolute atomic E-state index is 0.271. The number of aliphatic hydroxyl groups is 3. The van der Waals surface area contributed by atoms with E-state index >= 15 is 0 Å². The van der Waals surface area contributed by atoms with Crippen LogP contribution < -0.4 is 0 Å². The summed E-state index contributed by atoms with van der Waals surface area (Å²) in [5, 5.41) is 27.1. The zero-order valence-electron chi connectivity index (χ0n) is 13.7. The molecule has 0 bridgehead atoms. The summed E-state index contributed by atoms with van der Waals surface area (Å²) < 4.78 is 4.42. The van der Waals surface area contributed by atoms with E-state index in [1.54, 1.807) is 48.5 Å². The minimum atomic E-state index is -1.13. The van der Waals surface area contributed by atoms with Crippen LogP contribution in [-0.4, -0.2) is 33.7 Å². The largest absolute Gasteiger partial charge is 0.380 e. The van der Waals surface area contributed by atoms with E-state index in [1.807, 2.05) is 12.1 Å². The molecular weight excluding hydrogens is 320 g/mol. The molecule has 2 aromatic carbocycles. The van der Waals surface area contributed by atoms with Crippen LogP contribution in [0.1, 0.15) is 22.0 Å². The molecule has 0 fully saturated rings. The minimum Gasteiger partial charge on any atom is -0.380 e. The van der Waals surface area contributed by atoms with Gasteiger partial charge in [0.25, 0.3) is 0 Å². The Labute approximate surface area is 147 Å². The van der Waals surface area contributed by atoms with Gasteiger partial charge in [0.1, 0.15) is 6.10 Å². The van der Waals surface area contributed by atoms with Crippen LogP contribution in [0.25, 0.3) is 0 Å². The van der Waals surface area contributed by atoms with Crippen molar-refractivity contribution in [3.63, 3.8) is 0 Å². The van der Waals surface area contributed by atoms with Crippen molar-refractivity contribution in [3.05, 3.63) is 97.1 Å². The first-order valence-corrected chi connectivity index (χ1v) is 7.58. The fraction of sp³-hybridized carbons (Fsp3) is 0.150. The van der Waals surface area contributed by atoms with Crippen LogP contribution in [0.5, 0.6) is 0 Å². The number of rotatable bonds is 7. The van der Waals surface area contributed by atoms with Crippen molar-refractivity contribution < 1.29 is 24.9 Å². The van der Waals surface area contributed by atoms with Gasteiger partial charge in [-0.25, -0.2) is 0 Å². The van der Waals surface area contributed by atoms with Crippen LogP contribution in [0.2, 0.25) is 0 Å². The van der Waals surface area contributed by atoms with Crippen molar-refractivity contribution in [2.45, 2.75) is 18.7 Å². The number of hydrogen-bond acceptors (Lipinski definition) is 5. The van der Waals surface area contributed by atoms with Gasteiger partial charge in [-0.1, -0.05) is 73.8 Å². The van der Waals surface area contributed by atoms with Gasteiger partial charge < -0.3 is 20.1 Å². The number of ketones is 1. The molecule has 2 rings (SSSR count). The zero-order valence-corrected chi connectivity index (χ0v) is 13.7. The van der Waals surface area contributed by atoms with Gasteiger partial charge in [-0.3, -0.25) is 4.79 Å². The Morgan fingerprint density at radius 2 is 1.28 bits per heavy atom. The molecule has 3 unspecified atom stereocenters. The highest BCUT2D eigenvalue weighted by molar-refractivity contribution is 5.99. The van der Waals surface area contributed by atoms with E-state index in [0.29, 0.717) is 11.1 Å². The van der Waals surface area contributed by atoms with E-state index in [0.717, 1.165) is 12.2 Å². The third kappa shape index (κ3) is 7.24. The SMILES string of the molecule is C=CC(O)OC(O)C=C.O=C(c1ccccc1)C(O)c1ccccc1. The quantitative estimate of drug-likeness (QED) is 0.409. The van der Waals surface area contributed by atoms with E-state index in [1.165, 1.54) is 0 Å². The van der Waals surface area contributed by atoms with Crippen molar-refractivity contribution in [3.8, 4) is 0 Å². The average molecular weight is 342 g/mol. The van der Waals surface area contributed by atoms with Gasteiger partial charge in [0.15, 0.2) is 18.4 Å². The molecule has 0 heterocycles. The molecule has 0 radical (unpaired) electrons. The van der Waals surface area contributed by atoms with Gasteiger partial charge >= 0.3 is 0 Å². The predicted molar refractivity (Wildman–Crippen MR) is 95.7 cm³/mol. The molecule has 3 atom stereocenters. The summed E-state index contributed by atoms with van der Waals surface area (Å²) in [7, 11) is 0. The first-order valence-electron chi connectivity index (χ1n) is 7.58. The van der Waals surface area contributed by atoms with Crippen LogP contribution >= 0.6 is 0 Å². The number of Topliss-reactive ketones (excluding diaryl/α,β-unsaturated/α-hetero) is 1. The maximum atomic E-state index is 11.9. The van der Waals surface area contributed by atoms with Gasteiger partial charge in [-0.2, -0.15) is 0 Å². The summed E-state index contributed by atoms with van der Waals surface area (Å²) in [4.78, 5) is 11.9. The summed E-state index contributed by atoms with van der Waals surface area (Å²) in [6.45, 7) is 6.46. The molecule has 0 amide bonds. The van der Waals surface area contributed by atoms with Crippen LogP contribution in [-0.2, 0) is 4.74 Å². The van der Waals surface area contributed by atoms with Crippen LogP contribution in [0.15, 0.2) is 86.0 Å². The van der Waals surface area contributed by atoms with Crippen LogP contribution in [0.4, 0.5) is 0 Å². The molecule has 25 heavy (non-hydrogen) atoms. The van der Waals surface area contributed by atoms with Crippen molar-refractivity contribution in [1.29, 1.82) is 0 Å². The molecule has 132 valence electrons. The summed E-state index contributed by atoms with van der Waals surface area (Å²) >= 11 is 0. The van der Waals surface area contributed by atoms with Crippen molar-refractivity contribution in [2.75, 3.05) is 0 Å². The predicted octanol–water partition coefficient (Wildman–Crippen LogP) is 2.61. The Hall–Kier alpha value is -2.57. The highest BCUT2D eigenvalue weighted by atomic mass is 16.7. The molecule has 0 aliphatic rings. The topological polar surface area (TPSA) is 87.0 Å². The van der Waals surface area contributed by atoms with Crippen LogP contribution in [0, 0.1) is 0 Å². The molecule has 3 N–H and O–H groups in total. The second-order valence-corrected chi connectivity index (χ2v) is 4.93. The lowest BCUT2D eigenvalue weighted by Gasteiger charge is -2.09. The third-order valence-corrected chi connectivity index (χ3v) is 3.10. The Balaban J connectivity index is 0.000000299. The van der Waals surface area contributed by atoms with Crippen molar-refractivity contribution in [1.82, 2.24) is 0 Å². The molecule has 5 heteroatoms. The molecule has 0 spiro atoms. The molecular formula is C20H22O5. The second-order valence-electron chi connectivity index (χ2n) is 4.93. The lowest BCUT2D eigenvalue weighted by atomic mass is 10.0. The Bertz CT molecular complexity index is 642. The number of aliphatic hydroxyl groups excluding tert-OH is 3. The fourth-order valence-corrected chi connectivity index (χ4v) is 1.80. The smallest absolute Gasteiger partial charge is 0.195 e. The molecule has 2 aromatic rings. The summed E-state index contributed by atoms with van der Waals surface area (Å²) in [6.07, 6.45) is -1.01. The van der Waals surface area contributed by atoms with Crippen LogP contribution in [0.3, 0.4) is 0 Å². The first-order chi connectivity index (χ1) is 12.0. The summed E-state index contributed by atoms with van der Waals surface area (Å²) in [6, 6.07) is 17.7. The highest BCUT2D eigenvalue weighted by Gasteiger charge is 2.18. The molecule has 5 nitrogen and oxygen atoms in total. The van der Waals surface area contributed by atoms with E-state index in [4.69, 9.17) is 10.2 Å². The van der Waals surface area contributed by atoms with Crippen molar-refractivity contribution >= 4 is 5.78 Å². The lowest BCUT2D eigenvalue weighted by molar-refractivity contribution is -0.163. The Morgan fingerprint density at radius 1 is 0.840 bits per heavy atom. The van der Waals surface area contributed by atoms with E-state index < -0.39 is 18.7 Å². The standard InChI is InChI=1S/C14H12O2.C6H10O3/c15-13(11-7-3-1-4-8-11)14(16)12-9-5-2-6-10-12;1-3-5(7)9-6(8)4-2/h1-10,13,15H;3-8H,1-2H2. The van der Waals surface area contributed by atoms with Crippen molar-refractivity contribution in [2.24, 2.45) is 0 Å². The molecule has 0 aromatic heterocycles. The Morgan fingerprint density at radius 3 is 1.72 bits per heavy atom. The van der Waals surface area contributed by atoms with E-state index in [2.05, 4.69) is 17.9 Å². The number of ether oxygens (including phenoxy) is 1. The normalized spacial score (nSPS) is 13.6.